The van der Waals surface area contributed by atoms with Gasteiger partial charge in [-0.1, -0.05) is 159 Å². The molecule has 9 nitrogen and oxygen atoms in total. The van der Waals surface area contributed by atoms with Gasteiger partial charge in [-0.05, 0) is 57.4 Å². The van der Waals surface area contributed by atoms with E-state index >= 15 is 0 Å². The molecular weight excluding hydrogens is 689 g/mol. The van der Waals surface area contributed by atoms with E-state index in [9.17, 15) is 19.4 Å². The van der Waals surface area contributed by atoms with Crippen molar-refractivity contribution in [1.82, 2.24) is 0 Å². The number of phosphoric acid groups is 1. The zero-order valence-electron chi connectivity index (χ0n) is 33.6. The molecule has 0 rings (SSSR count). The summed E-state index contributed by atoms with van der Waals surface area (Å²) in [6.45, 7) is 4.05. The molecule has 0 aromatic carbocycles. The number of aliphatic hydroxyl groups is 1. The molecule has 0 saturated carbocycles. The molecule has 0 spiro atoms. The number of allylic oxidation sites excluding steroid dienone is 7. The second-order valence-electron chi connectivity index (χ2n) is 13.8. The number of ether oxygens (including phenoxy) is 2. The maximum Gasteiger partial charge on any atom is 0.472 e. The number of carbonyl (C=O) groups excluding carboxylic acids is 1. The van der Waals surface area contributed by atoms with Crippen molar-refractivity contribution in [1.29, 1.82) is 0 Å². The second-order valence-corrected chi connectivity index (χ2v) is 15.2. The van der Waals surface area contributed by atoms with E-state index in [0.717, 1.165) is 25.7 Å². The van der Waals surface area contributed by atoms with E-state index in [1.165, 1.54) is 103 Å². The van der Waals surface area contributed by atoms with Crippen molar-refractivity contribution in [3.63, 3.8) is 0 Å². The third kappa shape index (κ3) is 39.5. The molecule has 0 bridgehead atoms. The van der Waals surface area contributed by atoms with Crippen LogP contribution in [0.4, 0.5) is 0 Å². The molecule has 0 aromatic rings. The summed E-state index contributed by atoms with van der Waals surface area (Å²) < 4.78 is 33.0. The van der Waals surface area contributed by atoms with Gasteiger partial charge >= 0.3 is 13.8 Å². The van der Waals surface area contributed by atoms with Crippen molar-refractivity contribution >= 4 is 13.8 Å². The van der Waals surface area contributed by atoms with E-state index in [2.05, 4.69) is 19.9 Å². The number of carbonyl (C=O) groups is 1. The first-order valence-corrected chi connectivity index (χ1v) is 22.4. The Hall–Kier alpha value is -2.00. The first-order chi connectivity index (χ1) is 25.8. The Morgan fingerprint density at radius 2 is 1.25 bits per heavy atom. The van der Waals surface area contributed by atoms with Crippen molar-refractivity contribution in [3.05, 3.63) is 60.9 Å². The lowest BCUT2D eigenvalue weighted by Crippen LogP contribution is -2.27. The minimum Gasteiger partial charge on any atom is -0.498 e. The minimum absolute atomic E-state index is 0.00958. The smallest absolute Gasteiger partial charge is 0.472 e. The highest BCUT2D eigenvalue weighted by Gasteiger charge is 2.25. The molecular formula is C43H78NO8P. The molecule has 0 saturated heterocycles. The molecule has 0 heterocycles. The van der Waals surface area contributed by atoms with Gasteiger partial charge in [0.1, 0.15) is 6.61 Å². The van der Waals surface area contributed by atoms with Crippen LogP contribution in [0.2, 0.25) is 0 Å². The summed E-state index contributed by atoms with van der Waals surface area (Å²) in [7, 11) is -4.32. The molecule has 0 aliphatic heterocycles. The second kappa shape index (κ2) is 39.7. The predicted molar refractivity (Wildman–Crippen MR) is 220 cm³/mol. The van der Waals surface area contributed by atoms with Crippen molar-refractivity contribution in [2.45, 2.75) is 180 Å². The molecule has 0 aliphatic carbocycles. The van der Waals surface area contributed by atoms with Crippen LogP contribution in [0.15, 0.2) is 60.9 Å². The summed E-state index contributed by atoms with van der Waals surface area (Å²) in [4.78, 5) is 22.4. The Kier molecular flexibility index (Phi) is 38.2. The number of hydrogen-bond acceptors (Lipinski definition) is 8. The molecule has 0 radical (unpaired) electrons. The molecule has 0 amide bonds. The van der Waals surface area contributed by atoms with Crippen molar-refractivity contribution < 1.29 is 37.9 Å². The molecule has 0 aliphatic rings. The van der Waals surface area contributed by atoms with Crippen LogP contribution in [-0.4, -0.2) is 54.5 Å². The number of esters is 1. The maximum atomic E-state index is 12.5. The van der Waals surface area contributed by atoms with E-state index in [1.54, 1.807) is 12.3 Å². The van der Waals surface area contributed by atoms with Gasteiger partial charge in [0.2, 0.25) is 0 Å². The molecule has 0 aromatic heterocycles. The highest BCUT2D eigenvalue weighted by Crippen LogP contribution is 2.43. The van der Waals surface area contributed by atoms with Gasteiger partial charge < -0.3 is 25.2 Å². The number of nitrogens with two attached hydrogens (primary N) is 1. The normalized spacial score (nSPS) is 14.7. The largest absolute Gasteiger partial charge is 0.498 e. The van der Waals surface area contributed by atoms with Gasteiger partial charge in [-0.2, -0.15) is 0 Å². The molecule has 4 N–H and O–H groups in total. The van der Waals surface area contributed by atoms with Gasteiger partial charge in [0.05, 0.1) is 25.6 Å². The van der Waals surface area contributed by atoms with Crippen LogP contribution in [0, 0.1) is 0 Å². The highest BCUT2D eigenvalue weighted by molar-refractivity contribution is 7.47. The highest BCUT2D eigenvalue weighted by atomic mass is 31.2. The number of rotatable bonds is 39. The SMILES string of the molecule is CCCCC/C=C\C=C/[C@H](O)C/C=C\C/C=C/CCCC(=O)O[C@H](CO/C=C/CCCCCCCCCCCCCCCC)COP(=O)(O)OCCN. The molecule has 10 heteroatoms. The number of unbranched alkanes of at least 4 members (excludes halogenated alkanes) is 18. The van der Waals surface area contributed by atoms with Crippen LogP contribution < -0.4 is 5.73 Å². The van der Waals surface area contributed by atoms with Gasteiger partial charge in [0, 0.05) is 13.0 Å². The Morgan fingerprint density at radius 1 is 0.679 bits per heavy atom. The van der Waals surface area contributed by atoms with Crippen molar-refractivity contribution in [2.24, 2.45) is 5.73 Å². The molecule has 308 valence electrons. The average molecular weight is 768 g/mol. The monoisotopic (exact) mass is 768 g/mol. The van der Waals surface area contributed by atoms with E-state index in [-0.39, 0.29) is 32.8 Å². The molecule has 3 atom stereocenters. The van der Waals surface area contributed by atoms with Crippen LogP contribution in [0.5, 0.6) is 0 Å². The molecule has 0 fully saturated rings. The lowest BCUT2D eigenvalue weighted by atomic mass is 10.0. The van der Waals surface area contributed by atoms with E-state index < -0.39 is 26.0 Å². The fourth-order valence-electron chi connectivity index (χ4n) is 5.45. The summed E-state index contributed by atoms with van der Waals surface area (Å²) in [6.07, 6.45) is 45.0. The summed E-state index contributed by atoms with van der Waals surface area (Å²) in [5.74, 6) is -0.435. The van der Waals surface area contributed by atoms with Crippen LogP contribution in [0.25, 0.3) is 0 Å². The Labute approximate surface area is 324 Å². The standard InChI is InChI=1S/C43H78NO8P/c1-3-5-7-9-11-12-13-14-15-16-17-18-19-24-28-32-37-49-39-42(40-51-53(47,48)50-38-36-44)52-43(46)35-31-27-23-20-22-26-30-34-41(45)33-29-25-21-10-8-6-4-2/h20-21,23,25-26,29-30,32-33,37,41-42,45H,3-19,22,24,27-28,31,34-36,38-40,44H2,1-2H3,(H,47,48)/b23-20+,25-21-,30-26-,33-29-,37-32+/t41-,42+/m0/s1. The number of aliphatic hydroxyl groups excluding tert-OH is 1. The third-order valence-corrected chi connectivity index (χ3v) is 9.57. The van der Waals surface area contributed by atoms with Crippen molar-refractivity contribution in [3.8, 4) is 0 Å². The zero-order chi connectivity index (χ0) is 38.9. The van der Waals surface area contributed by atoms with E-state index in [1.807, 2.05) is 42.5 Å². The predicted octanol–water partition coefficient (Wildman–Crippen LogP) is 11.5. The minimum atomic E-state index is -4.32. The van der Waals surface area contributed by atoms with Crippen LogP contribution in [0.3, 0.4) is 0 Å². The fourth-order valence-corrected chi connectivity index (χ4v) is 6.21. The lowest BCUT2D eigenvalue weighted by molar-refractivity contribution is -0.153. The van der Waals surface area contributed by atoms with Gasteiger partial charge in [0.15, 0.2) is 6.10 Å². The Bertz CT molecular complexity index is 1010. The van der Waals surface area contributed by atoms with E-state index in [4.69, 9.17) is 24.3 Å². The average Bonchev–Trinajstić information content (AvgIpc) is 3.14. The van der Waals surface area contributed by atoms with Crippen LogP contribution in [-0.2, 0) is 27.9 Å². The molecule has 1 unspecified atom stereocenters. The quantitative estimate of drug-likeness (QED) is 0.0139. The van der Waals surface area contributed by atoms with Crippen molar-refractivity contribution in [2.75, 3.05) is 26.4 Å². The van der Waals surface area contributed by atoms with Gasteiger partial charge in [-0.15, -0.1) is 0 Å². The van der Waals surface area contributed by atoms with Crippen LogP contribution >= 0.6 is 7.82 Å². The maximum absolute atomic E-state index is 12.5. The summed E-state index contributed by atoms with van der Waals surface area (Å²) in [5, 5.41) is 10.1. The Balaban J connectivity index is 4.27. The number of hydrogen-bond donors (Lipinski definition) is 3. The zero-order valence-corrected chi connectivity index (χ0v) is 34.5. The fraction of sp³-hybridized carbons (Fsp3) is 0.744. The summed E-state index contributed by atoms with van der Waals surface area (Å²) in [5.41, 5.74) is 5.35. The van der Waals surface area contributed by atoms with Gasteiger partial charge in [0.25, 0.3) is 0 Å². The van der Waals surface area contributed by atoms with E-state index in [0.29, 0.717) is 19.3 Å². The summed E-state index contributed by atoms with van der Waals surface area (Å²) in [6, 6.07) is 0. The first-order valence-electron chi connectivity index (χ1n) is 20.9. The third-order valence-electron chi connectivity index (χ3n) is 8.58. The van der Waals surface area contributed by atoms with Gasteiger partial charge in [-0.3, -0.25) is 13.8 Å². The Morgan fingerprint density at radius 3 is 1.91 bits per heavy atom. The van der Waals surface area contributed by atoms with Gasteiger partial charge in [-0.25, -0.2) is 4.57 Å². The number of phosphoric ester groups is 1. The van der Waals surface area contributed by atoms with Crippen LogP contribution in [0.1, 0.15) is 168 Å². The summed E-state index contributed by atoms with van der Waals surface area (Å²) >= 11 is 0. The first kappa shape index (κ1) is 51.0. The topological polar surface area (TPSA) is 138 Å². The lowest BCUT2D eigenvalue weighted by Gasteiger charge is -2.19. The molecule has 53 heavy (non-hydrogen) atoms.